The van der Waals surface area contributed by atoms with Crippen molar-refractivity contribution in [2.24, 2.45) is 5.73 Å². The van der Waals surface area contributed by atoms with Gasteiger partial charge in [-0.05, 0) is 20.3 Å². The Kier molecular flexibility index (Phi) is 2.84. The van der Waals surface area contributed by atoms with Crippen LogP contribution in [0.1, 0.15) is 20.3 Å². The van der Waals surface area contributed by atoms with Crippen LogP contribution in [0.5, 0.6) is 0 Å². The lowest BCUT2D eigenvalue weighted by atomic mass is 10.0. The molecule has 0 aliphatic carbocycles. The van der Waals surface area contributed by atoms with E-state index in [1.54, 1.807) is 0 Å². The molecular formula is C8H17FN2. The molecule has 0 unspecified atom stereocenters. The Morgan fingerprint density at radius 3 is 2.64 bits per heavy atom. The summed E-state index contributed by atoms with van der Waals surface area (Å²) in [7, 11) is 0. The van der Waals surface area contributed by atoms with E-state index in [2.05, 4.69) is 18.7 Å². The number of nitrogens with two attached hydrogens (primary N) is 1. The summed E-state index contributed by atoms with van der Waals surface area (Å²) in [5, 5.41) is 0. The largest absolute Gasteiger partial charge is 0.324 e. The molecule has 0 bridgehead atoms. The fourth-order valence-corrected chi connectivity index (χ4v) is 1.45. The Hall–Kier alpha value is -0.150. The second-order valence-electron chi connectivity index (χ2n) is 3.56. The number of hydrogen-bond acceptors (Lipinski definition) is 2. The van der Waals surface area contributed by atoms with E-state index in [4.69, 9.17) is 5.73 Å². The molecule has 1 aliphatic rings. The van der Waals surface area contributed by atoms with E-state index in [9.17, 15) is 4.39 Å². The summed E-state index contributed by atoms with van der Waals surface area (Å²) in [6.45, 7) is 5.79. The maximum atomic E-state index is 12.9. The van der Waals surface area contributed by atoms with Gasteiger partial charge in [-0.2, -0.15) is 0 Å². The Labute approximate surface area is 67.6 Å². The molecule has 2 nitrogen and oxygen atoms in total. The minimum Gasteiger partial charge on any atom is -0.324 e. The van der Waals surface area contributed by atoms with Crippen LogP contribution in [0.25, 0.3) is 0 Å². The predicted octanol–water partition coefficient (Wildman–Crippen LogP) is 0.766. The third kappa shape index (κ3) is 2.14. The van der Waals surface area contributed by atoms with Gasteiger partial charge in [0.2, 0.25) is 0 Å². The Morgan fingerprint density at radius 1 is 1.55 bits per heavy atom. The van der Waals surface area contributed by atoms with Gasteiger partial charge in [-0.15, -0.1) is 0 Å². The maximum absolute atomic E-state index is 12.9. The van der Waals surface area contributed by atoms with Gasteiger partial charge in [-0.3, -0.25) is 4.90 Å². The molecule has 0 saturated carbocycles. The van der Waals surface area contributed by atoms with Crippen molar-refractivity contribution in [1.29, 1.82) is 0 Å². The molecule has 1 fully saturated rings. The summed E-state index contributed by atoms with van der Waals surface area (Å²) in [5.41, 5.74) is 5.59. The third-order valence-corrected chi connectivity index (χ3v) is 2.33. The monoisotopic (exact) mass is 160 g/mol. The van der Waals surface area contributed by atoms with Gasteiger partial charge in [-0.25, -0.2) is 4.39 Å². The summed E-state index contributed by atoms with van der Waals surface area (Å²) in [6.07, 6.45) is -0.190. The van der Waals surface area contributed by atoms with Crippen LogP contribution < -0.4 is 5.73 Å². The van der Waals surface area contributed by atoms with Crippen LogP contribution >= 0.6 is 0 Å². The Balaban J connectivity index is 2.40. The van der Waals surface area contributed by atoms with E-state index in [0.717, 1.165) is 6.54 Å². The van der Waals surface area contributed by atoms with Crippen molar-refractivity contribution in [3.63, 3.8) is 0 Å². The zero-order valence-electron chi connectivity index (χ0n) is 7.26. The average molecular weight is 160 g/mol. The summed E-state index contributed by atoms with van der Waals surface area (Å²) >= 11 is 0. The fraction of sp³-hybridized carbons (Fsp3) is 1.00. The van der Waals surface area contributed by atoms with E-state index >= 15 is 0 Å². The molecule has 0 amide bonds. The molecule has 0 spiro atoms. The van der Waals surface area contributed by atoms with Gasteiger partial charge >= 0.3 is 0 Å². The summed E-state index contributed by atoms with van der Waals surface area (Å²) < 4.78 is 12.9. The van der Waals surface area contributed by atoms with Crippen LogP contribution in [-0.2, 0) is 0 Å². The molecule has 2 N–H and O–H groups in total. The molecule has 3 heteroatoms. The fourth-order valence-electron chi connectivity index (χ4n) is 1.45. The van der Waals surface area contributed by atoms with E-state index in [0.29, 0.717) is 19.0 Å². The third-order valence-electron chi connectivity index (χ3n) is 2.33. The van der Waals surface area contributed by atoms with E-state index in [-0.39, 0.29) is 6.04 Å². The highest BCUT2D eigenvalue weighted by atomic mass is 19.1. The van der Waals surface area contributed by atoms with Gasteiger partial charge in [-0.1, -0.05) is 0 Å². The number of rotatable bonds is 1. The van der Waals surface area contributed by atoms with Gasteiger partial charge in [0.05, 0.1) is 0 Å². The lowest BCUT2D eigenvalue weighted by Gasteiger charge is -2.35. The molecule has 0 aromatic rings. The summed E-state index contributed by atoms with van der Waals surface area (Å²) in [4.78, 5) is 2.22. The summed E-state index contributed by atoms with van der Waals surface area (Å²) in [6, 6.07) is 0.222. The smallest absolute Gasteiger partial charge is 0.118 e. The lowest BCUT2D eigenvalue weighted by molar-refractivity contribution is 0.104. The number of likely N-dealkylation sites (tertiary alicyclic amines) is 1. The van der Waals surface area contributed by atoms with Gasteiger partial charge in [0, 0.05) is 25.2 Å². The molecule has 1 saturated heterocycles. The van der Waals surface area contributed by atoms with Gasteiger partial charge in [0.25, 0.3) is 0 Å². The van der Waals surface area contributed by atoms with Crippen molar-refractivity contribution in [2.75, 3.05) is 13.1 Å². The van der Waals surface area contributed by atoms with Crippen LogP contribution in [-0.4, -0.2) is 36.2 Å². The quantitative estimate of drug-likeness (QED) is 0.614. The second kappa shape index (κ2) is 3.50. The lowest BCUT2D eigenvalue weighted by Crippen LogP contribution is -2.51. The predicted molar refractivity (Wildman–Crippen MR) is 44.2 cm³/mol. The number of nitrogens with zero attached hydrogens (tertiary/aromatic N) is 1. The average Bonchev–Trinajstić information content (AvgIpc) is 1.94. The molecule has 2 atom stereocenters. The van der Waals surface area contributed by atoms with Gasteiger partial charge in [0.15, 0.2) is 0 Å². The molecule has 1 rings (SSSR count). The SMILES string of the molecule is CC(C)N1CC[C@H](F)[C@H](N)C1. The van der Waals surface area contributed by atoms with Gasteiger partial charge < -0.3 is 5.73 Å². The first-order valence-electron chi connectivity index (χ1n) is 4.25. The first-order chi connectivity index (χ1) is 5.11. The van der Waals surface area contributed by atoms with Crippen molar-refractivity contribution >= 4 is 0 Å². The molecule has 0 aromatic heterocycles. The van der Waals surface area contributed by atoms with Crippen molar-refractivity contribution in [2.45, 2.75) is 38.5 Å². The van der Waals surface area contributed by atoms with Crippen LogP contribution in [0.4, 0.5) is 4.39 Å². The first kappa shape index (κ1) is 8.94. The minimum absolute atomic E-state index is 0.272. The number of hydrogen-bond donors (Lipinski definition) is 1. The first-order valence-corrected chi connectivity index (χ1v) is 4.25. The Morgan fingerprint density at radius 2 is 2.18 bits per heavy atom. The summed E-state index contributed by atoms with van der Waals surface area (Å²) in [5.74, 6) is 0. The Bertz CT molecular complexity index is 127. The van der Waals surface area contributed by atoms with E-state index < -0.39 is 6.17 Å². The molecule has 0 radical (unpaired) electrons. The molecule has 66 valence electrons. The van der Waals surface area contributed by atoms with Crippen LogP contribution in [0, 0.1) is 0 Å². The molecule has 0 aromatic carbocycles. The van der Waals surface area contributed by atoms with Crippen LogP contribution in [0.2, 0.25) is 0 Å². The van der Waals surface area contributed by atoms with Crippen molar-refractivity contribution < 1.29 is 4.39 Å². The standard InChI is InChI=1S/C8H17FN2/c1-6(2)11-4-3-7(9)8(10)5-11/h6-8H,3-5,10H2,1-2H3/t7-,8+/m0/s1. The zero-order valence-corrected chi connectivity index (χ0v) is 7.26. The highest BCUT2D eigenvalue weighted by molar-refractivity contribution is 4.84. The van der Waals surface area contributed by atoms with Crippen LogP contribution in [0.3, 0.4) is 0 Å². The number of alkyl halides is 1. The highest BCUT2D eigenvalue weighted by Gasteiger charge is 2.26. The second-order valence-corrected chi connectivity index (χ2v) is 3.56. The molecule has 11 heavy (non-hydrogen) atoms. The zero-order chi connectivity index (χ0) is 8.43. The number of halogens is 1. The molecule has 1 heterocycles. The van der Waals surface area contributed by atoms with Gasteiger partial charge in [0.1, 0.15) is 6.17 Å². The molecule has 1 aliphatic heterocycles. The van der Waals surface area contributed by atoms with Crippen LogP contribution in [0.15, 0.2) is 0 Å². The van der Waals surface area contributed by atoms with Crippen molar-refractivity contribution in [3.8, 4) is 0 Å². The highest BCUT2D eigenvalue weighted by Crippen LogP contribution is 2.14. The topological polar surface area (TPSA) is 29.3 Å². The maximum Gasteiger partial charge on any atom is 0.118 e. The van der Waals surface area contributed by atoms with Crippen molar-refractivity contribution in [1.82, 2.24) is 4.90 Å². The molecular weight excluding hydrogens is 143 g/mol. The van der Waals surface area contributed by atoms with E-state index in [1.807, 2.05) is 0 Å². The number of piperidine rings is 1. The minimum atomic E-state index is -0.787. The van der Waals surface area contributed by atoms with E-state index in [1.165, 1.54) is 0 Å². The van der Waals surface area contributed by atoms with Crippen molar-refractivity contribution in [3.05, 3.63) is 0 Å². The normalized spacial score (nSPS) is 34.6.